The van der Waals surface area contributed by atoms with Crippen LogP contribution in [0.5, 0.6) is 5.75 Å². The molecule has 1 aromatic rings. The van der Waals surface area contributed by atoms with Gasteiger partial charge in [-0.2, -0.15) is 0 Å². The van der Waals surface area contributed by atoms with E-state index in [1.807, 2.05) is 0 Å². The Bertz CT molecular complexity index is 336. The minimum Gasteiger partial charge on any atom is -0.508 e. The highest BCUT2D eigenvalue weighted by Crippen LogP contribution is 2.20. The molecule has 0 saturated carbocycles. The first-order valence-electron chi connectivity index (χ1n) is 3.80. The molecule has 1 atom stereocenters. The van der Waals surface area contributed by atoms with Crippen molar-refractivity contribution in [2.75, 3.05) is 0 Å². The summed E-state index contributed by atoms with van der Waals surface area (Å²) in [4.78, 5) is 10.5. The summed E-state index contributed by atoms with van der Waals surface area (Å²) in [6.07, 6.45) is 0. The van der Waals surface area contributed by atoms with Gasteiger partial charge in [0.25, 0.3) is 0 Å². The second-order valence-electron chi connectivity index (χ2n) is 2.86. The fourth-order valence-electron chi connectivity index (χ4n) is 1.01. The molecule has 0 radical (unpaired) electrons. The normalized spacial score (nSPS) is 12.5. The van der Waals surface area contributed by atoms with Gasteiger partial charge < -0.3 is 15.9 Å². The Balaban J connectivity index is 3.03. The monoisotopic (exact) mass is 181 g/mol. The molecule has 0 unspecified atom stereocenters. The molecule has 0 aliphatic rings. The maximum atomic E-state index is 10.5. The van der Waals surface area contributed by atoms with E-state index in [1.54, 1.807) is 13.0 Å². The fourth-order valence-corrected chi connectivity index (χ4v) is 1.01. The lowest BCUT2D eigenvalue weighted by molar-refractivity contribution is -0.138. The van der Waals surface area contributed by atoms with Crippen LogP contribution in [0.25, 0.3) is 0 Å². The van der Waals surface area contributed by atoms with Crippen molar-refractivity contribution in [3.8, 4) is 5.75 Å². The van der Waals surface area contributed by atoms with Crippen molar-refractivity contribution < 1.29 is 15.0 Å². The van der Waals surface area contributed by atoms with Gasteiger partial charge in [-0.25, -0.2) is 0 Å². The lowest BCUT2D eigenvalue weighted by atomic mass is 10.0. The number of aliphatic carboxylic acids is 1. The van der Waals surface area contributed by atoms with Crippen LogP contribution in [0.15, 0.2) is 18.2 Å². The third kappa shape index (κ3) is 1.97. The van der Waals surface area contributed by atoms with E-state index in [4.69, 9.17) is 10.8 Å². The molecule has 0 heterocycles. The summed E-state index contributed by atoms with van der Waals surface area (Å²) in [5.41, 5.74) is 6.48. The Morgan fingerprint density at radius 3 is 2.62 bits per heavy atom. The molecule has 70 valence electrons. The number of hydrogen-bond donors (Lipinski definition) is 3. The first kappa shape index (κ1) is 9.54. The van der Waals surface area contributed by atoms with Crippen molar-refractivity contribution in [3.05, 3.63) is 29.3 Å². The summed E-state index contributed by atoms with van der Waals surface area (Å²) in [5, 5.41) is 17.8. The van der Waals surface area contributed by atoms with Gasteiger partial charge in [0.05, 0.1) is 0 Å². The van der Waals surface area contributed by atoms with Crippen LogP contribution in [0.4, 0.5) is 0 Å². The Morgan fingerprint density at radius 1 is 1.54 bits per heavy atom. The van der Waals surface area contributed by atoms with E-state index in [9.17, 15) is 9.90 Å². The number of benzene rings is 1. The molecular formula is C9H11NO3. The first-order chi connectivity index (χ1) is 6.02. The van der Waals surface area contributed by atoms with Crippen molar-refractivity contribution in [3.63, 3.8) is 0 Å². The van der Waals surface area contributed by atoms with Gasteiger partial charge in [-0.15, -0.1) is 0 Å². The Hall–Kier alpha value is -1.55. The maximum absolute atomic E-state index is 10.5. The average Bonchev–Trinajstić information content (AvgIpc) is 2.08. The second-order valence-corrected chi connectivity index (χ2v) is 2.86. The number of hydrogen-bond acceptors (Lipinski definition) is 3. The van der Waals surface area contributed by atoms with Gasteiger partial charge in [0.2, 0.25) is 0 Å². The summed E-state index contributed by atoms with van der Waals surface area (Å²) < 4.78 is 0. The van der Waals surface area contributed by atoms with Gasteiger partial charge in [-0.3, -0.25) is 4.79 Å². The largest absolute Gasteiger partial charge is 0.508 e. The van der Waals surface area contributed by atoms with Gasteiger partial charge >= 0.3 is 5.97 Å². The van der Waals surface area contributed by atoms with Crippen molar-refractivity contribution in [2.45, 2.75) is 13.0 Å². The molecule has 0 aliphatic carbocycles. The van der Waals surface area contributed by atoms with Crippen LogP contribution in [0, 0.1) is 6.92 Å². The van der Waals surface area contributed by atoms with Gasteiger partial charge in [-0.1, -0.05) is 12.1 Å². The van der Waals surface area contributed by atoms with E-state index in [2.05, 4.69) is 0 Å². The van der Waals surface area contributed by atoms with Crippen molar-refractivity contribution in [1.29, 1.82) is 0 Å². The van der Waals surface area contributed by atoms with Crippen molar-refractivity contribution in [2.24, 2.45) is 5.73 Å². The average molecular weight is 181 g/mol. The number of nitrogens with two attached hydrogens (primary N) is 1. The molecule has 0 amide bonds. The summed E-state index contributed by atoms with van der Waals surface area (Å²) >= 11 is 0. The zero-order chi connectivity index (χ0) is 10.0. The predicted molar refractivity (Wildman–Crippen MR) is 47.4 cm³/mol. The summed E-state index contributed by atoms with van der Waals surface area (Å²) in [5.74, 6) is -0.938. The standard InChI is InChI=1S/C9H11NO3/c1-5-4-6(2-3-7(5)11)8(10)9(12)13/h2-4,8,11H,10H2,1H3,(H,12,13)/t8-/m0/s1. The Morgan fingerprint density at radius 2 is 2.15 bits per heavy atom. The predicted octanol–water partition coefficient (Wildman–Crippen LogP) is 0.785. The number of phenolic OH excluding ortho intramolecular Hbond substituents is 1. The highest BCUT2D eigenvalue weighted by molar-refractivity contribution is 5.75. The molecular weight excluding hydrogens is 170 g/mol. The lowest BCUT2D eigenvalue weighted by Crippen LogP contribution is -2.20. The third-order valence-corrected chi connectivity index (χ3v) is 1.85. The minimum absolute atomic E-state index is 0.140. The van der Waals surface area contributed by atoms with Gasteiger partial charge in [0, 0.05) is 0 Å². The molecule has 1 rings (SSSR count). The topological polar surface area (TPSA) is 83.6 Å². The van der Waals surface area contributed by atoms with E-state index in [1.165, 1.54) is 12.1 Å². The minimum atomic E-state index is -1.08. The molecule has 0 spiro atoms. The van der Waals surface area contributed by atoms with E-state index in [0.717, 1.165) is 0 Å². The number of carboxylic acids is 1. The number of aromatic hydroxyl groups is 1. The zero-order valence-electron chi connectivity index (χ0n) is 7.19. The molecule has 4 nitrogen and oxygen atoms in total. The number of carboxylic acid groups (broad SMARTS) is 1. The maximum Gasteiger partial charge on any atom is 0.325 e. The molecule has 0 aromatic heterocycles. The number of rotatable bonds is 2. The molecule has 0 aliphatic heterocycles. The highest BCUT2D eigenvalue weighted by Gasteiger charge is 2.14. The van der Waals surface area contributed by atoms with Crippen LogP contribution in [0.3, 0.4) is 0 Å². The SMILES string of the molecule is Cc1cc([C@H](N)C(=O)O)ccc1O. The quantitative estimate of drug-likeness (QED) is 0.629. The zero-order valence-corrected chi connectivity index (χ0v) is 7.19. The summed E-state index contributed by atoms with van der Waals surface area (Å²) in [7, 11) is 0. The summed E-state index contributed by atoms with van der Waals surface area (Å²) in [6.45, 7) is 1.69. The van der Waals surface area contributed by atoms with E-state index in [-0.39, 0.29) is 5.75 Å². The van der Waals surface area contributed by atoms with Crippen molar-refractivity contribution in [1.82, 2.24) is 0 Å². The third-order valence-electron chi connectivity index (χ3n) is 1.85. The molecule has 0 bridgehead atoms. The number of carbonyl (C=O) groups is 1. The van der Waals surface area contributed by atoms with Gasteiger partial charge in [0.1, 0.15) is 11.8 Å². The first-order valence-corrected chi connectivity index (χ1v) is 3.80. The Labute approximate surface area is 75.6 Å². The van der Waals surface area contributed by atoms with Crippen LogP contribution < -0.4 is 5.73 Å². The van der Waals surface area contributed by atoms with E-state index < -0.39 is 12.0 Å². The molecule has 0 saturated heterocycles. The number of aryl methyl sites for hydroxylation is 1. The van der Waals surface area contributed by atoms with Gasteiger partial charge in [-0.05, 0) is 24.1 Å². The van der Waals surface area contributed by atoms with Crippen LogP contribution >= 0.6 is 0 Å². The smallest absolute Gasteiger partial charge is 0.325 e. The lowest BCUT2D eigenvalue weighted by Gasteiger charge is -2.07. The highest BCUT2D eigenvalue weighted by atomic mass is 16.4. The number of phenols is 1. The van der Waals surface area contributed by atoms with Crippen molar-refractivity contribution >= 4 is 5.97 Å². The Kier molecular flexibility index (Phi) is 2.53. The van der Waals surface area contributed by atoms with E-state index >= 15 is 0 Å². The molecule has 0 fully saturated rings. The molecule has 4 N–H and O–H groups in total. The van der Waals surface area contributed by atoms with Crippen LogP contribution in [0.1, 0.15) is 17.2 Å². The molecule has 1 aromatic carbocycles. The van der Waals surface area contributed by atoms with Crippen LogP contribution in [0.2, 0.25) is 0 Å². The van der Waals surface area contributed by atoms with E-state index in [0.29, 0.717) is 11.1 Å². The summed E-state index contributed by atoms with van der Waals surface area (Å²) in [6, 6.07) is 3.47. The molecule has 13 heavy (non-hydrogen) atoms. The van der Waals surface area contributed by atoms with Crippen LogP contribution in [-0.2, 0) is 4.79 Å². The molecule has 4 heteroatoms. The fraction of sp³-hybridized carbons (Fsp3) is 0.222. The van der Waals surface area contributed by atoms with Crippen LogP contribution in [-0.4, -0.2) is 16.2 Å². The second kappa shape index (κ2) is 3.45. The van der Waals surface area contributed by atoms with Gasteiger partial charge in [0.15, 0.2) is 0 Å².